The fourth-order valence-electron chi connectivity index (χ4n) is 0.0786. The van der Waals surface area contributed by atoms with Crippen LogP contribution in [-0.2, 0) is 0 Å². The van der Waals surface area contributed by atoms with Gasteiger partial charge in [-0.2, -0.15) is 0 Å². The normalized spacial score (nSPS) is 37.8. The summed E-state index contributed by atoms with van der Waals surface area (Å²) in [6, 6.07) is 0. The largest absolute Gasteiger partial charge is 0.221 e. The molecule has 1 aliphatic rings. The van der Waals surface area contributed by atoms with E-state index in [9.17, 15) is 0 Å². The van der Waals surface area contributed by atoms with E-state index in [0.29, 0.717) is 0 Å². The van der Waals surface area contributed by atoms with Crippen LogP contribution in [0.2, 0.25) is 0 Å². The van der Waals surface area contributed by atoms with E-state index in [1.807, 2.05) is 11.6 Å². The van der Waals surface area contributed by atoms with Crippen LogP contribution < -0.4 is 0 Å². The highest BCUT2D eigenvalue weighted by Gasteiger charge is 2.16. The highest BCUT2D eigenvalue weighted by atomic mass is 32.2. The van der Waals surface area contributed by atoms with Gasteiger partial charge in [0.15, 0.2) is 0 Å². The van der Waals surface area contributed by atoms with E-state index in [4.69, 9.17) is 0 Å². The van der Waals surface area contributed by atoms with E-state index in [2.05, 4.69) is 13.5 Å². The molecule has 0 spiro atoms. The smallest absolute Gasteiger partial charge is 0.204 e. The summed E-state index contributed by atoms with van der Waals surface area (Å²) in [5, 5.41) is 0.875. The number of rotatable bonds is 0. The summed E-state index contributed by atoms with van der Waals surface area (Å²) >= 11 is 1.90. The molecule has 0 amide bonds. The van der Waals surface area contributed by atoms with Crippen molar-refractivity contribution in [3.63, 3.8) is 0 Å². The summed E-state index contributed by atoms with van der Waals surface area (Å²) in [5.74, 6) is 0. The van der Waals surface area contributed by atoms with Gasteiger partial charge in [-0.25, -0.2) is 11.6 Å². The molecule has 1 radical (unpaired) electrons. The van der Waals surface area contributed by atoms with Crippen molar-refractivity contribution in [3.8, 4) is 0 Å². The van der Waals surface area contributed by atoms with Crippen molar-refractivity contribution in [2.75, 3.05) is 0 Å². The molecule has 0 bridgehead atoms. The van der Waals surface area contributed by atoms with E-state index in [-0.39, 0.29) is 0 Å². The summed E-state index contributed by atoms with van der Waals surface area (Å²) in [6.07, 6.45) is 0. The van der Waals surface area contributed by atoms with Crippen LogP contribution in [0.25, 0.3) is 0 Å². The molecule has 0 aromatic heterocycles. The van der Waals surface area contributed by atoms with Crippen LogP contribution in [0.1, 0.15) is 6.92 Å². The fourth-order valence-corrected chi connectivity index (χ4v) is 0.236. The minimum absolute atomic E-state index is 0.875. The van der Waals surface area contributed by atoms with Gasteiger partial charge in [0.2, 0.25) is 6.56 Å². The third-order valence-electron chi connectivity index (χ3n) is 0.408. The quantitative estimate of drug-likeness (QED) is 0.299. The first-order valence-corrected chi connectivity index (χ1v) is 2.32. The molecule has 0 saturated carbocycles. The van der Waals surface area contributed by atoms with Crippen LogP contribution in [0.3, 0.4) is 0 Å². The van der Waals surface area contributed by atoms with Crippen molar-refractivity contribution in [2.24, 2.45) is 0 Å². The first-order chi connectivity index (χ1) is 1.89. The molecule has 0 nitrogen and oxygen atoms in total. The molecule has 1 unspecified atom stereocenters. The Morgan fingerprint density at radius 1 is 2.00 bits per heavy atom. The Kier molecular flexibility index (Phi) is 0.449. The molecule has 4 heavy (non-hydrogen) atoms. The topological polar surface area (TPSA) is 0 Å². The van der Waals surface area contributed by atoms with Crippen molar-refractivity contribution in [2.45, 2.75) is 12.1 Å². The molecule has 21 valence electrons. The van der Waals surface area contributed by atoms with Crippen molar-refractivity contribution in [1.82, 2.24) is 0 Å². The Bertz CT molecular complexity index is 25.2. The molecular formula is C2H4BS. The molecule has 1 fully saturated rings. The van der Waals surface area contributed by atoms with Gasteiger partial charge in [-0.3, -0.25) is 0 Å². The van der Waals surface area contributed by atoms with Crippen LogP contribution in [0.5, 0.6) is 0 Å². The van der Waals surface area contributed by atoms with Gasteiger partial charge in [-0.15, -0.1) is 0 Å². The van der Waals surface area contributed by atoms with E-state index in [0.717, 1.165) is 5.15 Å². The maximum atomic E-state index is 2.21. The second-order valence-corrected chi connectivity index (χ2v) is 2.27. The minimum Gasteiger partial charge on any atom is -0.221 e. The minimum atomic E-state index is 0.875. The standard InChI is InChI=1S/C2H4BS/c1-2-3-4-2/h2H,1H3. The van der Waals surface area contributed by atoms with Crippen LogP contribution >= 0.6 is 11.6 Å². The summed E-state index contributed by atoms with van der Waals surface area (Å²) in [6.45, 7) is 4.39. The van der Waals surface area contributed by atoms with E-state index < -0.39 is 0 Å². The fraction of sp³-hybridized carbons (Fsp3) is 1.00. The van der Waals surface area contributed by atoms with Crippen LogP contribution in [-0.4, -0.2) is 11.7 Å². The predicted molar refractivity (Wildman–Crippen MR) is 22.8 cm³/mol. The van der Waals surface area contributed by atoms with Crippen molar-refractivity contribution in [3.05, 3.63) is 0 Å². The SMILES string of the molecule is CC1[B]S1. The molecule has 2 heteroatoms. The first kappa shape index (κ1) is 2.64. The second-order valence-electron chi connectivity index (χ2n) is 0.977. The molecule has 1 heterocycles. The van der Waals surface area contributed by atoms with Gasteiger partial charge in [0, 0.05) is 0 Å². The summed E-state index contributed by atoms with van der Waals surface area (Å²) < 4.78 is 0. The molecule has 1 rings (SSSR count). The maximum absolute atomic E-state index is 2.21. The second kappa shape index (κ2) is 0.679. The highest BCUT2D eigenvalue weighted by molar-refractivity contribution is 8.35. The van der Waals surface area contributed by atoms with Gasteiger partial charge in [-0.1, -0.05) is 6.92 Å². The lowest BCUT2D eigenvalue weighted by atomic mass is 10.1. The summed E-state index contributed by atoms with van der Waals surface area (Å²) in [7, 11) is 0. The van der Waals surface area contributed by atoms with Gasteiger partial charge < -0.3 is 0 Å². The van der Waals surface area contributed by atoms with Gasteiger partial charge in [0.25, 0.3) is 0 Å². The molecule has 0 N–H and O–H groups in total. The zero-order chi connectivity index (χ0) is 2.99. The number of hydrogen-bond acceptors (Lipinski definition) is 1. The average Bonchev–Trinajstić information content (AvgIpc) is 1.75. The van der Waals surface area contributed by atoms with Gasteiger partial charge in [0.1, 0.15) is 0 Å². The summed E-state index contributed by atoms with van der Waals surface area (Å²) in [5.41, 5.74) is 0. The van der Waals surface area contributed by atoms with Crippen molar-refractivity contribution in [1.29, 1.82) is 0 Å². The molecule has 1 saturated heterocycles. The van der Waals surface area contributed by atoms with Crippen LogP contribution in [0, 0.1) is 0 Å². The van der Waals surface area contributed by atoms with Crippen molar-refractivity contribution < 1.29 is 0 Å². The monoisotopic (exact) mass is 71.0 g/mol. The third-order valence-corrected chi connectivity index (χ3v) is 1.22. The van der Waals surface area contributed by atoms with E-state index in [1.54, 1.807) is 0 Å². The zero-order valence-corrected chi connectivity index (χ0v) is 3.38. The van der Waals surface area contributed by atoms with Gasteiger partial charge >= 0.3 is 0 Å². The van der Waals surface area contributed by atoms with Crippen molar-refractivity contribution >= 4 is 18.2 Å². The first-order valence-electron chi connectivity index (χ1n) is 1.38. The average molecular weight is 70.9 g/mol. The third kappa shape index (κ3) is 0.415. The molecular weight excluding hydrogens is 66.9 g/mol. The molecule has 0 aromatic rings. The van der Waals surface area contributed by atoms with Crippen LogP contribution in [0.4, 0.5) is 0 Å². The summed E-state index contributed by atoms with van der Waals surface area (Å²) in [4.78, 5) is 0. The van der Waals surface area contributed by atoms with Crippen LogP contribution in [0.15, 0.2) is 0 Å². The molecule has 1 atom stereocenters. The zero-order valence-electron chi connectivity index (χ0n) is 2.56. The van der Waals surface area contributed by atoms with Gasteiger partial charge in [0.05, 0.1) is 0 Å². The maximum Gasteiger partial charge on any atom is 0.204 e. The Hall–Kier alpha value is 0.415. The molecule has 0 aromatic carbocycles. The Morgan fingerprint density at radius 3 is 2.25 bits per heavy atom. The predicted octanol–water partition coefficient (Wildman–Crippen LogP) is 0.698. The lowest BCUT2D eigenvalue weighted by Gasteiger charge is -1.53. The Labute approximate surface area is 31.1 Å². The van der Waals surface area contributed by atoms with Gasteiger partial charge in [-0.05, 0) is 5.15 Å². The Morgan fingerprint density at radius 2 is 2.25 bits per heavy atom. The lowest BCUT2D eigenvalue weighted by molar-refractivity contribution is 1.45. The lowest BCUT2D eigenvalue weighted by Crippen LogP contribution is -1.61. The molecule has 1 aliphatic heterocycles. The highest BCUT2D eigenvalue weighted by Crippen LogP contribution is 2.24. The molecule has 0 aliphatic carbocycles. The van der Waals surface area contributed by atoms with E-state index >= 15 is 0 Å². The number of hydrogen-bond donors (Lipinski definition) is 0. The van der Waals surface area contributed by atoms with E-state index in [1.165, 1.54) is 0 Å². The Balaban J connectivity index is 2.17.